The normalized spacial score (nSPS) is 16.1. The standard InChI is InChI=1S/C32H35FN4O3/c1-5-23-11-8-10-21(2)31(23)37(22(3)20-40-4)30(39)19-36-28-15-7-6-14-27(28)34-32(36)24-16-29(38)35(18-24)26-13-9-12-25(33)17-26/h6-15,17,22,24H,5,16,18-20H2,1-4H3. The van der Waals surface area contributed by atoms with Crippen LogP contribution in [0.15, 0.2) is 66.7 Å². The Labute approximate surface area is 234 Å². The lowest BCUT2D eigenvalue weighted by atomic mass is 10.0. The summed E-state index contributed by atoms with van der Waals surface area (Å²) in [6.45, 7) is 6.92. The molecule has 0 N–H and O–H groups in total. The number of hydrogen-bond donors (Lipinski definition) is 0. The van der Waals surface area contributed by atoms with E-state index in [0.717, 1.165) is 34.3 Å². The Hall–Kier alpha value is -4.04. The van der Waals surface area contributed by atoms with E-state index in [1.807, 2.05) is 59.7 Å². The summed E-state index contributed by atoms with van der Waals surface area (Å²) >= 11 is 0. The van der Waals surface area contributed by atoms with Crippen molar-refractivity contribution in [3.63, 3.8) is 0 Å². The van der Waals surface area contributed by atoms with Gasteiger partial charge in [0.1, 0.15) is 18.2 Å². The molecule has 0 bridgehead atoms. The van der Waals surface area contributed by atoms with Gasteiger partial charge in [-0.15, -0.1) is 0 Å². The number of imidazole rings is 1. The number of methoxy groups -OCH3 is 1. The fraction of sp³-hybridized carbons (Fsp3) is 0.344. The predicted molar refractivity (Wildman–Crippen MR) is 155 cm³/mol. The number of ether oxygens (including phenoxy) is 1. The van der Waals surface area contributed by atoms with Crippen LogP contribution >= 0.6 is 0 Å². The summed E-state index contributed by atoms with van der Waals surface area (Å²) in [5.41, 5.74) is 5.17. The van der Waals surface area contributed by atoms with Gasteiger partial charge < -0.3 is 19.1 Å². The highest BCUT2D eigenvalue weighted by Gasteiger charge is 2.36. The topological polar surface area (TPSA) is 67.7 Å². The molecule has 1 aliphatic heterocycles. The first-order valence-corrected chi connectivity index (χ1v) is 13.7. The minimum absolute atomic E-state index is 0.0616. The van der Waals surface area contributed by atoms with Gasteiger partial charge in [0.05, 0.1) is 29.4 Å². The van der Waals surface area contributed by atoms with E-state index in [1.165, 1.54) is 12.1 Å². The van der Waals surface area contributed by atoms with Crippen LogP contribution < -0.4 is 9.80 Å². The van der Waals surface area contributed by atoms with E-state index in [9.17, 15) is 14.0 Å². The van der Waals surface area contributed by atoms with Gasteiger partial charge in [-0.3, -0.25) is 9.59 Å². The number of halogens is 1. The first kappa shape index (κ1) is 27.5. The molecule has 5 rings (SSSR count). The summed E-state index contributed by atoms with van der Waals surface area (Å²) in [6.07, 6.45) is 1.02. The Morgan fingerprint density at radius 3 is 2.67 bits per heavy atom. The number of rotatable bonds is 9. The maximum absolute atomic E-state index is 14.2. The molecule has 0 saturated carbocycles. The molecule has 0 radical (unpaired) electrons. The van der Waals surface area contributed by atoms with Crippen molar-refractivity contribution in [3.05, 3.63) is 89.5 Å². The highest BCUT2D eigenvalue weighted by atomic mass is 19.1. The first-order chi connectivity index (χ1) is 19.3. The number of aromatic nitrogens is 2. The lowest BCUT2D eigenvalue weighted by molar-refractivity contribution is -0.120. The van der Waals surface area contributed by atoms with Crippen molar-refractivity contribution < 1.29 is 18.7 Å². The summed E-state index contributed by atoms with van der Waals surface area (Å²) in [5.74, 6) is -0.126. The second kappa shape index (κ2) is 11.6. The number of carbonyl (C=O) groups is 2. The van der Waals surface area contributed by atoms with Gasteiger partial charge in [-0.05, 0) is 61.7 Å². The van der Waals surface area contributed by atoms with Crippen molar-refractivity contribution in [1.29, 1.82) is 0 Å². The van der Waals surface area contributed by atoms with Gasteiger partial charge in [-0.2, -0.15) is 0 Å². The van der Waals surface area contributed by atoms with Gasteiger partial charge in [-0.25, -0.2) is 9.37 Å². The van der Waals surface area contributed by atoms with Crippen molar-refractivity contribution in [1.82, 2.24) is 9.55 Å². The van der Waals surface area contributed by atoms with Gasteiger partial charge >= 0.3 is 0 Å². The highest BCUT2D eigenvalue weighted by Crippen LogP contribution is 2.34. The van der Waals surface area contributed by atoms with Crippen LogP contribution in [0.2, 0.25) is 0 Å². The molecule has 1 saturated heterocycles. The van der Waals surface area contributed by atoms with E-state index in [4.69, 9.17) is 9.72 Å². The third-order valence-corrected chi connectivity index (χ3v) is 7.65. The summed E-state index contributed by atoms with van der Waals surface area (Å²) in [4.78, 5) is 35.7. The van der Waals surface area contributed by atoms with E-state index < -0.39 is 0 Å². The van der Waals surface area contributed by atoms with Crippen LogP contribution in [0.5, 0.6) is 0 Å². The van der Waals surface area contributed by atoms with Crippen LogP contribution in [0.25, 0.3) is 11.0 Å². The zero-order valence-electron chi connectivity index (χ0n) is 23.4. The minimum atomic E-state index is -0.389. The van der Waals surface area contributed by atoms with Crippen molar-refractivity contribution in [2.24, 2.45) is 0 Å². The molecule has 7 nitrogen and oxygen atoms in total. The molecule has 208 valence electrons. The van der Waals surface area contributed by atoms with E-state index >= 15 is 0 Å². The molecule has 1 aliphatic rings. The lowest BCUT2D eigenvalue weighted by Gasteiger charge is -2.32. The monoisotopic (exact) mass is 542 g/mol. The smallest absolute Gasteiger partial charge is 0.247 e. The minimum Gasteiger partial charge on any atom is -0.383 e. The van der Waals surface area contributed by atoms with E-state index in [1.54, 1.807) is 24.1 Å². The second-order valence-electron chi connectivity index (χ2n) is 10.4. The molecule has 4 aromatic rings. The molecule has 40 heavy (non-hydrogen) atoms. The summed E-state index contributed by atoms with van der Waals surface area (Å²) in [6, 6.07) is 19.7. The highest BCUT2D eigenvalue weighted by molar-refractivity contribution is 5.98. The molecule has 2 atom stereocenters. The van der Waals surface area contributed by atoms with Crippen LogP contribution in [0.1, 0.15) is 43.1 Å². The molecule has 1 fully saturated rings. The summed E-state index contributed by atoms with van der Waals surface area (Å²) < 4.78 is 21.3. The Balaban J connectivity index is 1.53. The number of anilines is 2. The van der Waals surface area contributed by atoms with E-state index in [2.05, 4.69) is 13.0 Å². The van der Waals surface area contributed by atoms with Gasteiger partial charge in [0.25, 0.3) is 0 Å². The maximum atomic E-state index is 14.2. The number of amides is 2. The van der Waals surface area contributed by atoms with Gasteiger partial charge in [-0.1, -0.05) is 43.3 Å². The fourth-order valence-electron chi connectivity index (χ4n) is 5.81. The fourth-order valence-corrected chi connectivity index (χ4v) is 5.81. The largest absolute Gasteiger partial charge is 0.383 e. The number of fused-ring (bicyclic) bond motifs is 1. The van der Waals surface area contributed by atoms with E-state index in [0.29, 0.717) is 24.7 Å². The van der Waals surface area contributed by atoms with Crippen molar-refractivity contribution in [2.75, 3.05) is 30.1 Å². The quantitative estimate of drug-likeness (QED) is 0.275. The number of benzene rings is 3. The van der Waals surface area contributed by atoms with Crippen LogP contribution in [0.3, 0.4) is 0 Å². The molecule has 0 spiro atoms. The van der Waals surface area contributed by atoms with E-state index in [-0.39, 0.29) is 42.6 Å². The molecule has 0 aliphatic carbocycles. The Morgan fingerprint density at radius 2 is 1.93 bits per heavy atom. The van der Waals surface area contributed by atoms with Gasteiger partial charge in [0.15, 0.2) is 0 Å². The van der Waals surface area contributed by atoms with Crippen LogP contribution in [-0.2, 0) is 27.3 Å². The average molecular weight is 543 g/mol. The number of carbonyl (C=O) groups excluding carboxylic acids is 2. The molecule has 1 aromatic heterocycles. The number of para-hydroxylation sites is 3. The lowest BCUT2D eigenvalue weighted by Crippen LogP contribution is -2.44. The SMILES string of the molecule is CCc1cccc(C)c1N(C(=O)Cn1c(C2CC(=O)N(c3cccc(F)c3)C2)nc2ccccc21)C(C)COC. The molecular formula is C32H35FN4O3. The summed E-state index contributed by atoms with van der Waals surface area (Å²) in [5, 5.41) is 0. The molecule has 8 heteroatoms. The third-order valence-electron chi connectivity index (χ3n) is 7.65. The molecule has 2 amide bonds. The number of nitrogens with zero attached hydrogens (tertiary/aromatic N) is 4. The van der Waals surface area contributed by atoms with Gasteiger partial charge in [0, 0.05) is 31.7 Å². The molecule has 3 aromatic carbocycles. The zero-order valence-corrected chi connectivity index (χ0v) is 23.4. The van der Waals surface area contributed by atoms with Crippen LogP contribution in [0, 0.1) is 12.7 Å². The Kier molecular flexibility index (Phi) is 7.98. The zero-order chi connectivity index (χ0) is 28.4. The molecular weight excluding hydrogens is 507 g/mol. The number of hydrogen-bond acceptors (Lipinski definition) is 4. The Morgan fingerprint density at radius 1 is 1.15 bits per heavy atom. The Bertz CT molecular complexity index is 1550. The van der Waals surface area contributed by atoms with Gasteiger partial charge in [0.2, 0.25) is 11.8 Å². The first-order valence-electron chi connectivity index (χ1n) is 13.7. The third kappa shape index (κ3) is 5.23. The molecule has 2 unspecified atom stereocenters. The maximum Gasteiger partial charge on any atom is 0.247 e. The molecule has 2 heterocycles. The van der Waals surface area contributed by atoms with Crippen molar-refractivity contribution >= 4 is 34.2 Å². The van der Waals surface area contributed by atoms with Crippen LogP contribution in [-0.4, -0.2) is 47.7 Å². The van der Waals surface area contributed by atoms with Crippen LogP contribution in [0.4, 0.5) is 15.8 Å². The average Bonchev–Trinajstić information content (AvgIpc) is 3.50. The van der Waals surface area contributed by atoms with Crippen molar-refractivity contribution in [3.8, 4) is 0 Å². The van der Waals surface area contributed by atoms with Crippen molar-refractivity contribution in [2.45, 2.75) is 52.1 Å². The number of aryl methyl sites for hydroxylation is 2. The summed E-state index contributed by atoms with van der Waals surface area (Å²) in [7, 11) is 1.64. The predicted octanol–water partition coefficient (Wildman–Crippen LogP) is 5.63. The second-order valence-corrected chi connectivity index (χ2v) is 10.4.